The summed E-state index contributed by atoms with van der Waals surface area (Å²) in [6, 6.07) is -0.151. The molecule has 21 heavy (non-hydrogen) atoms. The van der Waals surface area contributed by atoms with Gasteiger partial charge >= 0.3 is 0 Å². The molecule has 7 nitrogen and oxygen atoms in total. The van der Waals surface area contributed by atoms with Gasteiger partial charge in [-0.25, -0.2) is 4.98 Å². The molecule has 2 N–H and O–H groups in total. The minimum absolute atomic E-state index is 0.117. The maximum Gasteiger partial charge on any atom is 0.273 e. The molecular formula is C13H18N6OS. The zero-order valence-corrected chi connectivity index (χ0v) is 12.9. The first-order valence-electron chi connectivity index (χ1n) is 6.93. The highest BCUT2D eigenvalue weighted by atomic mass is 32.1. The lowest BCUT2D eigenvalue weighted by molar-refractivity contribution is 0.0775. The van der Waals surface area contributed by atoms with E-state index in [4.69, 9.17) is 5.73 Å². The summed E-state index contributed by atoms with van der Waals surface area (Å²) in [4.78, 5) is 18.3. The van der Waals surface area contributed by atoms with Gasteiger partial charge < -0.3 is 15.2 Å². The van der Waals surface area contributed by atoms with Gasteiger partial charge in [-0.2, -0.15) is 0 Å². The van der Waals surface area contributed by atoms with Crippen LogP contribution in [0.25, 0.3) is 0 Å². The molecule has 0 fully saturated rings. The van der Waals surface area contributed by atoms with E-state index in [1.54, 1.807) is 17.3 Å². The molecule has 0 saturated heterocycles. The molecule has 1 aliphatic rings. The van der Waals surface area contributed by atoms with Crippen molar-refractivity contribution in [1.29, 1.82) is 0 Å². The van der Waals surface area contributed by atoms with E-state index in [9.17, 15) is 4.79 Å². The molecule has 1 aliphatic heterocycles. The van der Waals surface area contributed by atoms with Gasteiger partial charge in [0.2, 0.25) is 0 Å². The van der Waals surface area contributed by atoms with Gasteiger partial charge in [0, 0.05) is 25.4 Å². The predicted molar refractivity (Wildman–Crippen MR) is 78.9 cm³/mol. The molecule has 0 spiro atoms. The van der Waals surface area contributed by atoms with Gasteiger partial charge in [-0.05, 0) is 13.3 Å². The fraction of sp³-hybridized carbons (Fsp3) is 0.538. The van der Waals surface area contributed by atoms with Crippen LogP contribution in [0, 0.1) is 0 Å². The lowest BCUT2D eigenvalue weighted by Gasteiger charge is -2.15. The van der Waals surface area contributed by atoms with Crippen molar-refractivity contribution in [3.8, 4) is 0 Å². The van der Waals surface area contributed by atoms with Crippen LogP contribution in [-0.2, 0) is 19.5 Å². The van der Waals surface area contributed by atoms with Gasteiger partial charge in [-0.15, -0.1) is 21.5 Å². The maximum absolute atomic E-state index is 12.4. The number of fused-ring (bicyclic) bond motifs is 1. The summed E-state index contributed by atoms with van der Waals surface area (Å²) in [6.45, 7) is 3.23. The number of rotatable bonds is 4. The summed E-state index contributed by atoms with van der Waals surface area (Å²) in [7, 11) is 1.75. The Hall–Kier alpha value is -1.80. The van der Waals surface area contributed by atoms with E-state index in [0.717, 1.165) is 36.0 Å². The van der Waals surface area contributed by atoms with Crippen molar-refractivity contribution < 1.29 is 4.79 Å². The molecule has 3 rings (SSSR count). The number of hydrogen-bond donors (Lipinski definition) is 1. The number of aryl methyl sites for hydroxylation is 1. The zero-order chi connectivity index (χ0) is 15.0. The van der Waals surface area contributed by atoms with E-state index in [-0.39, 0.29) is 11.9 Å². The van der Waals surface area contributed by atoms with Gasteiger partial charge in [0.1, 0.15) is 16.5 Å². The normalized spacial score (nSPS) is 15.0. The monoisotopic (exact) mass is 306 g/mol. The molecule has 8 heteroatoms. The number of aromatic nitrogens is 4. The van der Waals surface area contributed by atoms with E-state index in [1.807, 2.05) is 6.92 Å². The van der Waals surface area contributed by atoms with Crippen LogP contribution in [0.5, 0.6) is 0 Å². The highest BCUT2D eigenvalue weighted by molar-refractivity contribution is 7.09. The first-order valence-corrected chi connectivity index (χ1v) is 7.81. The van der Waals surface area contributed by atoms with Gasteiger partial charge in [0.25, 0.3) is 5.91 Å². The summed E-state index contributed by atoms with van der Waals surface area (Å²) in [5.41, 5.74) is 6.22. The van der Waals surface area contributed by atoms with Crippen LogP contribution in [0.2, 0.25) is 0 Å². The number of hydrogen-bond acceptors (Lipinski definition) is 6. The summed E-state index contributed by atoms with van der Waals surface area (Å²) in [5.74, 6) is 1.73. The molecule has 0 radical (unpaired) electrons. The molecule has 0 saturated carbocycles. The Morgan fingerprint density at radius 2 is 2.38 bits per heavy atom. The Morgan fingerprint density at radius 1 is 1.57 bits per heavy atom. The minimum Gasteiger partial charge on any atom is -0.333 e. The Bertz CT molecular complexity index is 661. The molecule has 0 bridgehead atoms. The molecule has 0 aromatic carbocycles. The number of carbonyl (C=O) groups is 1. The minimum atomic E-state index is -0.151. The lowest BCUT2D eigenvalue weighted by atomic mass is 10.3. The first kappa shape index (κ1) is 14.2. The Morgan fingerprint density at radius 3 is 3.10 bits per heavy atom. The summed E-state index contributed by atoms with van der Waals surface area (Å²) in [5, 5.41) is 10.9. The third-order valence-corrected chi connectivity index (χ3v) is 4.59. The summed E-state index contributed by atoms with van der Waals surface area (Å²) in [6.07, 6.45) is 2.06. The molecule has 2 aromatic heterocycles. The maximum atomic E-state index is 12.4. The lowest BCUT2D eigenvalue weighted by Crippen LogP contribution is -2.28. The van der Waals surface area contributed by atoms with E-state index in [1.165, 1.54) is 11.3 Å². The molecule has 2 aromatic rings. The van der Waals surface area contributed by atoms with Crippen LogP contribution < -0.4 is 5.73 Å². The highest BCUT2D eigenvalue weighted by Crippen LogP contribution is 2.18. The fourth-order valence-corrected chi connectivity index (χ4v) is 3.15. The molecule has 112 valence electrons. The average molecular weight is 306 g/mol. The quantitative estimate of drug-likeness (QED) is 0.909. The molecule has 1 unspecified atom stereocenters. The highest BCUT2D eigenvalue weighted by Gasteiger charge is 2.22. The van der Waals surface area contributed by atoms with Gasteiger partial charge in [-0.3, -0.25) is 4.79 Å². The van der Waals surface area contributed by atoms with Gasteiger partial charge in [-0.1, -0.05) is 0 Å². The van der Waals surface area contributed by atoms with Crippen LogP contribution >= 0.6 is 11.3 Å². The van der Waals surface area contributed by atoms with Gasteiger partial charge in [0.15, 0.2) is 5.82 Å². The van der Waals surface area contributed by atoms with Crippen LogP contribution in [0.4, 0.5) is 0 Å². The van der Waals surface area contributed by atoms with Crippen LogP contribution in [0.1, 0.15) is 46.5 Å². The second-order valence-corrected chi connectivity index (χ2v) is 6.20. The van der Waals surface area contributed by atoms with Crippen molar-refractivity contribution in [3.63, 3.8) is 0 Å². The second-order valence-electron chi connectivity index (χ2n) is 5.31. The Balaban J connectivity index is 1.72. The number of nitrogens with two attached hydrogens (primary N) is 1. The van der Waals surface area contributed by atoms with Crippen LogP contribution in [0.15, 0.2) is 5.38 Å². The summed E-state index contributed by atoms with van der Waals surface area (Å²) >= 11 is 1.41. The van der Waals surface area contributed by atoms with E-state index >= 15 is 0 Å². The molecule has 1 amide bonds. The summed E-state index contributed by atoms with van der Waals surface area (Å²) < 4.78 is 2.10. The molecular weight excluding hydrogens is 288 g/mol. The smallest absolute Gasteiger partial charge is 0.273 e. The van der Waals surface area contributed by atoms with Crippen molar-refractivity contribution in [1.82, 2.24) is 24.6 Å². The number of nitrogens with zero attached hydrogens (tertiary/aromatic N) is 5. The van der Waals surface area contributed by atoms with Crippen molar-refractivity contribution in [2.45, 2.75) is 38.9 Å². The predicted octanol–water partition coefficient (Wildman–Crippen LogP) is 0.973. The van der Waals surface area contributed by atoms with E-state index in [0.29, 0.717) is 12.2 Å². The standard InChI is InChI=1S/C13H18N6OS/c1-8(14)12-15-9(7-21-12)13(20)18(2)6-11-17-16-10-4-3-5-19(10)11/h7-8H,3-6,14H2,1-2H3. The van der Waals surface area contributed by atoms with Gasteiger partial charge in [0.05, 0.1) is 12.6 Å². The molecule has 1 atom stereocenters. The number of carbonyl (C=O) groups excluding carboxylic acids is 1. The van der Waals surface area contributed by atoms with Crippen molar-refractivity contribution >= 4 is 17.2 Å². The topological polar surface area (TPSA) is 89.9 Å². The zero-order valence-electron chi connectivity index (χ0n) is 12.1. The number of thiazole rings is 1. The van der Waals surface area contributed by atoms with E-state index < -0.39 is 0 Å². The second kappa shape index (κ2) is 5.53. The largest absolute Gasteiger partial charge is 0.333 e. The fourth-order valence-electron chi connectivity index (χ4n) is 2.40. The third-order valence-electron chi connectivity index (χ3n) is 3.54. The van der Waals surface area contributed by atoms with E-state index in [2.05, 4.69) is 19.7 Å². The Labute approximate surface area is 126 Å². The Kier molecular flexibility index (Phi) is 3.73. The molecule has 3 heterocycles. The SMILES string of the molecule is CC(N)c1nc(C(=O)N(C)Cc2nnc3n2CCC3)cs1. The average Bonchev–Trinajstić information content (AvgIpc) is 3.15. The molecule has 0 aliphatic carbocycles. The third kappa shape index (κ3) is 2.68. The van der Waals surface area contributed by atoms with Crippen molar-refractivity contribution in [3.05, 3.63) is 27.7 Å². The van der Waals surface area contributed by atoms with Crippen molar-refractivity contribution in [2.75, 3.05) is 7.05 Å². The number of amides is 1. The van der Waals surface area contributed by atoms with Crippen LogP contribution in [-0.4, -0.2) is 37.6 Å². The van der Waals surface area contributed by atoms with Crippen LogP contribution in [0.3, 0.4) is 0 Å². The first-order chi connectivity index (χ1) is 10.1. The van der Waals surface area contributed by atoms with Crippen molar-refractivity contribution in [2.24, 2.45) is 5.73 Å².